The summed E-state index contributed by atoms with van der Waals surface area (Å²) in [6.45, 7) is 0. The summed E-state index contributed by atoms with van der Waals surface area (Å²) in [5, 5.41) is 4.35. The molecule has 12 heteroatoms. The summed E-state index contributed by atoms with van der Waals surface area (Å²) >= 11 is 6.48. The molecule has 4 heterocycles. The smallest absolute Gasteiger partial charge is 0.208 e. The zero-order chi connectivity index (χ0) is 51.3. The fourth-order valence-electron chi connectivity index (χ4n) is 11.0. The molecule has 0 radical (unpaired) electrons. The van der Waals surface area contributed by atoms with Gasteiger partial charge in [0, 0.05) is 64.1 Å². The van der Waals surface area contributed by atoms with Gasteiger partial charge in [-0.1, -0.05) is 153 Å². The molecule has 0 unspecified atom stereocenters. The number of nitrogens with zero attached hydrogens (tertiary/aromatic N) is 2. The van der Waals surface area contributed by atoms with Gasteiger partial charge in [0.05, 0.1) is 41.6 Å². The summed E-state index contributed by atoms with van der Waals surface area (Å²) in [6.07, 6.45) is 1.10. The molecule has 0 fully saturated rings. The van der Waals surface area contributed by atoms with E-state index in [1.165, 1.54) is 40.5 Å². The molecule has 8 nitrogen and oxygen atoms in total. The van der Waals surface area contributed by atoms with Crippen LogP contribution in [0.15, 0.2) is 247 Å². The first kappa shape index (κ1) is 46.8. The Balaban J connectivity index is 0.000000137. The van der Waals surface area contributed by atoms with Crippen molar-refractivity contribution in [3.05, 3.63) is 261 Å². The maximum atomic E-state index is 14.1. The number of hydrogen-bond acceptors (Lipinski definition) is 6. The zero-order valence-electron chi connectivity index (χ0n) is 39.4. The molecule has 2 aliphatic heterocycles. The number of ketones is 2. The van der Waals surface area contributed by atoms with Gasteiger partial charge in [-0.25, -0.2) is 16.8 Å². The van der Waals surface area contributed by atoms with Gasteiger partial charge >= 0.3 is 0 Å². The number of hydrogen-bond donors (Lipinski definition) is 0. The van der Waals surface area contributed by atoms with Crippen molar-refractivity contribution < 1.29 is 26.4 Å². The van der Waals surface area contributed by atoms with Crippen LogP contribution in [0.3, 0.4) is 0 Å². The lowest BCUT2D eigenvalue weighted by Gasteiger charge is -2.21. The second-order valence-electron chi connectivity index (χ2n) is 18.5. The molecule has 2 aromatic heterocycles. The third-order valence-corrected chi connectivity index (χ3v) is 19.0. The number of fused-ring (bicyclic) bond motifs is 13. The van der Waals surface area contributed by atoms with Gasteiger partial charge in [0.1, 0.15) is 0 Å². The normalized spacial score (nSPS) is 14.2. The highest BCUT2D eigenvalue weighted by molar-refractivity contribution is 9.10. The molecule has 0 spiro atoms. The summed E-state index contributed by atoms with van der Waals surface area (Å²) in [5.74, 6) is -0.565. The molecule has 0 atom stereocenters. The minimum Gasteiger partial charge on any atom is -0.309 e. The predicted octanol–water partition coefficient (Wildman–Crippen LogP) is 15.1. The van der Waals surface area contributed by atoms with E-state index in [2.05, 4.69) is 114 Å². The van der Waals surface area contributed by atoms with Crippen molar-refractivity contribution in [3.8, 4) is 22.5 Å². The quantitative estimate of drug-likeness (QED) is 0.170. The van der Waals surface area contributed by atoms with E-state index in [1.807, 2.05) is 78.9 Å². The van der Waals surface area contributed by atoms with Crippen molar-refractivity contribution in [3.63, 3.8) is 0 Å². The average Bonchev–Trinajstić information content (AvgIpc) is 4.15. The summed E-state index contributed by atoms with van der Waals surface area (Å²) in [5.41, 5.74) is 11.9. The average molecular weight is 1140 g/mol. The molecule has 0 bridgehead atoms. The van der Waals surface area contributed by atoms with Gasteiger partial charge < -0.3 is 9.13 Å². The van der Waals surface area contributed by atoms with Crippen LogP contribution in [0.2, 0.25) is 0 Å². The molecule has 1 aliphatic carbocycles. The van der Waals surface area contributed by atoms with Crippen LogP contribution in [0, 0.1) is 0 Å². The van der Waals surface area contributed by atoms with Crippen molar-refractivity contribution in [2.24, 2.45) is 0 Å². The van der Waals surface area contributed by atoms with Gasteiger partial charge in [0.2, 0.25) is 19.7 Å². The molecule has 12 aromatic rings. The minimum absolute atomic E-state index is 0.0360. The molecule has 15 rings (SSSR count). The number of sulfone groups is 2. The second-order valence-corrected chi connectivity index (χ2v) is 24.1. The monoisotopic (exact) mass is 1140 g/mol. The van der Waals surface area contributed by atoms with Crippen molar-refractivity contribution in [2.45, 2.75) is 26.0 Å². The highest BCUT2D eigenvalue weighted by atomic mass is 79.9. The number of halogens is 2. The van der Waals surface area contributed by atoms with Crippen LogP contribution in [-0.4, -0.2) is 37.5 Å². The minimum atomic E-state index is -3.97. The lowest BCUT2D eigenvalue weighted by atomic mass is 10.0. The molecule has 0 N–H and O–H groups in total. The molecule has 75 heavy (non-hydrogen) atoms. The Hall–Kier alpha value is -8.00. The van der Waals surface area contributed by atoms with E-state index < -0.39 is 19.7 Å². The van der Waals surface area contributed by atoms with E-state index in [0.717, 1.165) is 55.7 Å². The standard InChI is InChI=1S/C37H22N2O3S.C13H6Br2O3S.C13H10/c40-37-29-19-17-24(39-33-15-7-3-11-27(33)28-12-4-8-16-34(28)39)22-36(29)43(41,42)35-20-18-23(21-30(35)37)38-31-13-5-1-9-25(31)26-10-2-6-14-32(26)38;14-7-2-4-11-10(5-7)13(16)9-3-1-8(15)6-12(9)19(11,17)18;1-3-7-12-10(5-1)9-11-6-2-4-8-13(11)12/h1-22H;1-6H;1-8H,9H2. The Morgan fingerprint density at radius 1 is 0.320 bits per heavy atom. The Morgan fingerprint density at radius 3 is 1.19 bits per heavy atom. The third-order valence-electron chi connectivity index (χ3n) is 14.3. The van der Waals surface area contributed by atoms with Crippen molar-refractivity contribution in [1.29, 1.82) is 0 Å². The van der Waals surface area contributed by atoms with Gasteiger partial charge in [0.15, 0.2) is 11.6 Å². The largest absolute Gasteiger partial charge is 0.309 e. The molecule has 3 aliphatic rings. The molecule has 0 amide bonds. The molecule has 0 saturated carbocycles. The van der Waals surface area contributed by atoms with E-state index in [0.29, 0.717) is 14.6 Å². The van der Waals surface area contributed by atoms with E-state index >= 15 is 0 Å². The van der Waals surface area contributed by atoms with Crippen molar-refractivity contribution >= 4 is 107 Å². The number of carbonyl (C=O) groups is 2. The van der Waals surface area contributed by atoms with E-state index in [-0.39, 0.29) is 53.4 Å². The Bertz CT molecular complexity index is 4540. The lowest BCUT2D eigenvalue weighted by molar-refractivity contribution is 0.102. The van der Waals surface area contributed by atoms with Crippen LogP contribution in [0.1, 0.15) is 43.0 Å². The number of benzene rings is 10. The van der Waals surface area contributed by atoms with Gasteiger partial charge in [-0.2, -0.15) is 0 Å². The second kappa shape index (κ2) is 17.8. The predicted molar refractivity (Wildman–Crippen MR) is 302 cm³/mol. The maximum absolute atomic E-state index is 14.1. The van der Waals surface area contributed by atoms with Crippen molar-refractivity contribution in [2.75, 3.05) is 0 Å². The van der Waals surface area contributed by atoms with E-state index in [9.17, 15) is 26.4 Å². The van der Waals surface area contributed by atoms with Crippen LogP contribution in [-0.2, 0) is 26.1 Å². The van der Waals surface area contributed by atoms with Gasteiger partial charge in [-0.05, 0) is 126 Å². The first-order valence-corrected chi connectivity index (χ1v) is 28.5. The molecular formula is C63H38Br2N2O6S2. The highest BCUT2D eigenvalue weighted by Crippen LogP contribution is 2.42. The van der Waals surface area contributed by atoms with Crippen LogP contribution >= 0.6 is 31.9 Å². The first-order valence-electron chi connectivity index (χ1n) is 24.0. The van der Waals surface area contributed by atoms with Crippen LogP contribution in [0.5, 0.6) is 0 Å². The fourth-order valence-corrected chi connectivity index (χ4v) is 15.1. The Kier molecular flexibility index (Phi) is 11.1. The van der Waals surface area contributed by atoms with Crippen molar-refractivity contribution in [1.82, 2.24) is 9.13 Å². The summed E-state index contributed by atoms with van der Waals surface area (Å²) in [6, 6.07) is 69.2. The number of para-hydroxylation sites is 4. The summed E-state index contributed by atoms with van der Waals surface area (Å²) in [4.78, 5) is 26.5. The van der Waals surface area contributed by atoms with Gasteiger partial charge in [-0.15, -0.1) is 0 Å². The molecule has 10 aromatic carbocycles. The lowest BCUT2D eigenvalue weighted by Crippen LogP contribution is -2.21. The fraction of sp³-hybridized carbons (Fsp3) is 0.0159. The van der Waals surface area contributed by atoms with Gasteiger partial charge in [0.25, 0.3) is 0 Å². The SMILES string of the molecule is O=C1c2cc(-n3c4ccccc4c4ccccc43)ccc2S(=O)(=O)c2cc(-n3c4ccccc4c4ccccc43)ccc21.O=C1c2cc(Br)ccc2S(=O)(=O)c2cc(Br)ccc21.c1ccc2c(c1)Cc1ccccc1-2. The summed E-state index contributed by atoms with van der Waals surface area (Å²) < 4.78 is 58.8. The Labute approximate surface area is 448 Å². The Morgan fingerprint density at radius 2 is 0.680 bits per heavy atom. The molecule has 0 saturated heterocycles. The number of rotatable bonds is 2. The molecule has 362 valence electrons. The molecular weight excluding hydrogens is 1100 g/mol. The number of aromatic nitrogens is 2. The topological polar surface area (TPSA) is 112 Å². The van der Waals surface area contributed by atoms with E-state index in [1.54, 1.807) is 48.5 Å². The third kappa shape index (κ3) is 7.49. The highest BCUT2D eigenvalue weighted by Gasteiger charge is 2.37. The maximum Gasteiger partial charge on any atom is 0.208 e. The van der Waals surface area contributed by atoms with Crippen LogP contribution in [0.25, 0.3) is 66.1 Å². The van der Waals surface area contributed by atoms with Crippen LogP contribution in [0.4, 0.5) is 0 Å². The zero-order valence-corrected chi connectivity index (χ0v) is 44.2. The first-order chi connectivity index (χ1) is 36.4. The number of carbonyl (C=O) groups excluding carboxylic acids is 2. The summed E-state index contributed by atoms with van der Waals surface area (Å²) in [7, 11) is -7.61. The van der Waals surface area contributed by atoms with Gasteiger partial charge in [-0.3, -0.25) is 9.59 Å². The van der Waals surface area contributed by atoms with Crippen LogP contribution < -0.4 is 0 Å². The van der Waals surface area contributed by atoms with E-state index in [4.69, 9.17) is 0 Å².